The van der Waals surface area contributed by atoms with E-state index < -0.39 is 16.6 Å². The summed E-state index contributed by atoms with van der Waals surface area (Å²) in [5.41, 5.74) is 0. The van der Waals surface area contributed by atoms with Crippen LogP contribution in [0.15, 0.2) is 0 Å². The molecule has 0 saturated carbocycles. The molecule has 7 nitrogen and oxygen atoms in total. The third kappa shape index (κ3) is 16.8. The number of ether oxygens (including phenoxy) is 1. The Labute approximate surface area is 167 Å². The van der Waals surface area contributed by atoms with Gasteiger partial charge in [-0.05, 0) is 58.9 Å². The Morgan fingerprint density at radius 2 is 1.48 bits per heavy atom. The van der Waals surface area contributed by atoms with Gasteiger partial charge < -0.3 is 24.8 Å². The van der Waals surface area contributed by atoms with E-state index in [1.807, 2.05) is 13.8 Å². The highest BCUT2D eigenvalue weighted by molar-refractivity contribution is 6.84. The maximum absolute atomic E-state index is 11.8. The summed E-state index contributed by atoms with van der Waals surface area (Å²) >= 11 is 0. The number of unbranched alkanes of at least 4 members (excludes halogenated alkanes) is 3. The predicted octanol–water partition coefficient (Wildman–Crippen LogP) is 3.97. The maximum Gasteiger partial charge on any atom is 0.406 e. The number of carbonyl (C=O) groups excluding carboxylic acids is 2. The van der Waals surface area contributed by atoms with Crippen LogP contribution in [0, 0.1) is 0 Å². The van der Waals surface area contributed by atoms with Crippen molar-refractivity contribution in [3.8, 4) is 0 Å². The van der Waals surface area contributed by atoms with E-state index in [0.29, 0.717) is 19.3 Å². The van der Waals surface area contributed by atoms with Crippen LogP contribution in [0.5, 0.6) is 0 Å². The zero-order chi connectivity index (χ0) is 20.9. The van der Waals surface area contributed by atoms with Crippen LogP contribution in [0.2, 0.25) is 32.7 Å². The number of amides is 3. The van der Waals surface area contributed by atoms with Crippen LogP contribution >= 0.6 is 0 Å². The average Bonchev–Trinajstić information content (AvgIpc) is 2.53. The van der Waals surface area contributed by atoms with E-state index in [-0.39, 0.29) is 18.2 Å². The molecule has 0 rings (SSSR count). The lowest BCUT2D eigenvalue weighted by Gasteiger charge is -2.30. The van der Waals surface area contributed by atoms with Crippen LogP contribution in [0.4, 0.5) is 9.59 Å². The molecule has 0 bridgehead atoms. The summed E-state index contributed by atoms with van der Waals surface area (Å²) in [6.45, 7) is 15.9. The first-order valence-corrected chi connectivity index (χ1v) is 16.6. The topological polar surface area (TPSA) is 88.7 Å². The van der Waals surface area contributed by atoms with Crippen LogP contribution in [0.3, 0.4) is 0 Å². The van der Waals surface area contributed by atoms with Gasteiger partial charge in [0.15, 0.2) is 8.32 Å². The normalized spacial score (nSPS) is 13.0. The Morgan fingerprint density at radius 1 is 0.926 bits per heavy atom. The number of carbonyl (C=O) groups is 2. The molecule has 0 aliphatic carbocycles. The third-order valence-electron chi connectivity index (χ3n) is 3.78. The van der Waals surface area contributed by atoms with Gasteiger partial charge >= 0.3 is 12.1 Å². The van der Waals surface area contributed by atoms with Crippen molar-refractivity contribution in [1.29, 1.82) is 0 Å². The lowest BCUT2D eigenvalue weighted by molar-refractivity contribution is 0.158. The van der Waals surface area contributed by atoms with E-state index in [0.717, 1.165) is 32.1 Å². The summed E-state index contributed by atoms with van der Waals surface area (Å²) in [6, 6.07) is 0.101. The standard InChI is InChI=1S/C18H41N3O4Si2/c1-8-16(2)21-17(22)19-13-11-9-10-12-14-20-18(23)24-15-27(6,7)25-26(3,4)5/h16H,8-15H2,1-7H3,(H,20,23)(H2,19,21,22). The molecule has 0 aliphatic heterocycles. The van der Waals surface area contributed by atoms with Crippen LogP contribution in [-0.4, -0.2) is 54.1 Å². The molecule has 27 heavy (non-hydrogen) atoms. The molecule has 160 valence electrons. The van der Waals surface area contributed by atoms with Crippen LogP contribution in [0.25, 0.3) is 0 Å². The van der Waals surface area contributed by atoms with Gasteiger partial charge in [0.1, 0.15) is 6.23 Å². The Morgan fingerprint density at radius 3 is 2.00 bits per heavy atom. The minimum Gasteiger partial charge on any atom is -0.454 e. The van der Waals surface area contributed by atoms with Crippen molar-refractivity contribution in [3.05, 3.63) is 0 Å². The van der Waals surface area contributed by atoms with E-state index in [1.165, 1.54) is 0 Å². The smallest absolute Gasteiger partial charge is 0.406 e. The lowest BCUT2D eigenvalue weighted by atomic mass is 10.2. The summed E-state index contributed by atoms with van der Waals surface area (Å²) < 4.78 is 11.5. The second-order valence-electron chi connectivity index (χ2n) is 8.60. The highest BCUT2D eigenvalue weighted by Crippen LogP contribution is 2.14. The van der Waals surface area contributed by atoms with Gasteiger partial charge in [-0.2, -0.15) is 0 Å². The molecule has 0 radical (unpaired) electrons. The number of urea groups is 1. The summed E-state index contributed by atoms with van der Waals surface area (Å²) in [7, 11) is -3.56. The number of hydrogen-bond donors (Lipinski definition) is 3. The molecule has 9 heteroatoms. The first-order chi connectivity index (χ1) is 12.4. The molecule has 0 spiro atoms. The van der Waals surface area contributed by atoms with Crippen molar-refractivity contribution < 1.29 is 18.4 Å². The Balaban J connectivity index is 3.62. The Bertz CT molecular complexity index is 443. The van der Waals surface area contributed by atoms with E-state index in [4.69, 9.17) is 8.85 Å². The van der Waals surface area contributed by atoms with Gasteiger partial charge in [0, 0.05) is 19.1 Å². The minimum absolute atomic E-state index is 0.0988. The first-order valence-electron chi connectivity index (χ1n) is 10.1. The quantitative estimate of drug-likeness (QED) is 0.311. The molecule has 1 unspecified atom stereocenters. The highest BCUT2D eigenvalue weighted by Gasteiger charge is 2.31. The monoisotopic (exact) mass is 419 g/mol. The number of nitrogens with one attached hydrogen (secondary N) is 3. The van der Waals surface area contributed by atoms with E-state index in [1.54, 1.807) is 0 Å². The van der Waals surface area contributed by atoms with Gasteiger partial charge in [0.2, 0.25) is 8.32 Å². The van der Waals surface area contributed by atoms with E-state index in [2.05, 4.69) is 48.7 Å². The summed E-state index contributed by atoms with van der Waals surface area (Å²) in [4.78, 5) is 23.3. The van der Waals surface area contributed by atoms with Gasteiger partial charge in [0.25, 0.3) is 0 Å². The third-order valence-corrected chi connectivity index (χ3v) is 9.28. The molecule has 3 amide bonds. The molecule has 0 fully saturated rings. The van der Waals surface area contributed by atoms with E-state index >= 15 is 0 Å². The first kappa shape index (κ1) is 25.9. The zero-order valence-corrected chi connectivity index (χ0v) is 20.4. The number of rotatable bonds is 13. The van der Waals surface area contributed by atoms with Crippen LogP contribution in [0.1, 0.15) is 46.0 Å². The summed E-state index contributed by atoms with van der Waals surface area (Å²) in [5.74, 6) is 0. The van der Waals surface area contributed by atoms with Crippen molar-refractivity contribution in [2.45, 2.75) is 84.7 Å². The zero-order valence-electron chi connectivity index (χ0n) is 18.4. The van der Waals surface area contributed by atoms with Crippen LogP contribution < -0.4 is 16.0 Å². The van der Waals surface area contributed by atoms with Crippen molar-refractivity contribution in [2.24, 2.45) is 0 Å². The molecule has 3 N–H and O–H groups in total. The Kier molecular flexibility index (Phi) is 12.6. The second-order valence-corrected chi connectivity index (χ2v) is 17.5. The fraction of sp³-hybridized carbons (Fsp3) is 0.889. The van der Waals surface area contributed by atoms with Crippen LogP contribution in [-0.2, 0) is 8.85 Å². The second kappa shape index (κ2) is 13.2. The maximum atomic E-state index is 11.8. The van der Waals surface area contributed by atoms with E-state index in [9.17, 15) is 9.59 Å². The minimum atomic E-state index is -1.95. The molecule has 0 heterocycles. The highest BCUT2D eigenvalue weighted by atomic mass is 28.4. The van der Waals surface area contributed by atoms with Gasteiger partial charge in [-0.25, -0.2) is 9.59 Å². The molecule has 0 aliphatic rings. The van der Waals surface area contributed by atoms with Crippen molar-refractivity contribution in [2.75, 3.05) is 19.3 Å². The van der Waals surface area contributed by atoms with Crippen molar-refractivity contribution in [1.82, 2.24) is 16.0 Å². The molecule has 1 atom stereocenters. The summed E-state index contributed by atoms with van der Waals surface area (Å²) in [6.07, 6.45) is 4.81. The van der Waals surface area contributed by atoms with Crippen molar-refractivity contribution >= 4 is 28.8 Å². The predicted molar refractivity (Wildman–Crippen MR) is 116 cm³/mol. The van der Waals surface area contributed by atoms with Gasteiger partial charge in [-0.3, -0.25) is 0 Å². The Hall–Kier alpha value is -1.07. The lowest BCUT2D eigenvalue weighted by Crippen LogP contribution is -2.47. The van der Waals surface area contributed by atoms with Gasteiger partial charge in [-0.15, -0.1) is 0 Å². The largest absolute Gasteiger partial charge is 0.454 e. The molecular weight excluding hydrogens is 378 g/mol. The van der Waals surface area contributed by atoms with Crippen molar-refractivity contribution in [3.63, 3.8) is 0 Å². The van der Waals surface area contributed by atoms with Gasteiger partial charge in [0.05, 0.1) is 0 Å². The molecule has 0 aromatic rings. The van der Waals surface area contributed by atoms with Gasteiger partial charge in [-0.1, -0.05) is 19.8 Å². The molecular formula is C18H41N3O4Si2. The molecule has 0 aromatic heterocycles. The molecule has 0 aromatic carbocycles. The average molecular weight is 420 g/mol. The molecule has 0 saturated heterocycles. The summed E-state index contributed by atoms with van der Waals surface area (Å²) in [5, 5.41) is 8.52. The fourth-order valence-corrected chi connectivity index (χ4v) is 9.87. The fourth-order valence-electron chi connectivity index (χ4n) is 2.52. The SMILES string of the molecule is CCC(C)NC(=O)NCCCCCCNC(=O)OC[Si](C)(C)O[Si](C)(C)C. The number of hydrogen-bond acceptors (Lipinski definition) is 4. The number of alkyl carbamates (subject to hydrolysis) is 1.